The summed E-state index contributed by atoms with van der Waals surface area (Å²) in [5, 5.41) is 4.09. The number of amides is 1. The van der Waals surface area contributed by atoms with Gasteiger partial charge in [-0.3, -0.25) is 4.79 Å². The van der Waals surface area contributed by atoms with E-state index in [2.05, 4.69) is 14.7 Å². The molecule has 1 aromatic carbocycles. The van der Waals surface area contributed by atoms with E-state index in [1.165, 1.54) is 10.6 Å². The van der Waals surface area contributed by atoms with Crippen LogP contribution in [0.4, 0.5) is 5.69 Å². The number of aryl methyl sites for hydroxylation is 2. The molecule has 0 N–H and O–H groups in total. The van der Waals surface area contributed by atoms with Crippen molar-refractivity contribution in [2.75, 3.05) is 31.4 Å². The fourth-order valence-corrected chi connectivity index (χ4v) is 6.78. The summed E-state index contributed by atoms with van der Waals surface area (Å²) >= 11 is 0. The van der Waals surface area contributed by atoms with Crippen LogP contribution in [-0.4, -0.2) is 64.8 Å². The molecule has 2 aliphatic heterocycles. The Hall–Kier alpha value is -3.77. The smallest absolute Gasteiger partial charge is 0.227 e. The first kappa shape index (κ1) is 25.5. The van der Waals surface area contributed by atoms with Crippen molar-refractivity contribution in [3.63, 3.8) is 0 Å². The van der Waals surface area contributed by atoms with E-state index in [-0.39, 0.29) is 18.0 Å². The number of imidazole rings is 1. The number of carbonyl (C=O) groups excluding carboxylic acids is 1. The number of rotatable bonds is 6. The summed E-state index contributed by atoms with van der Waals surface area (Å²) in [5.74, 6) is 1.92. The summed E-state index contributed by atoms with van der Waals surface area (Å²) in [7, 11) is -1.78. The molecular weight excluding hydrogens is 520 g/mol. The van der Waals surface area contributed by atoms with Gasteiger partial charge in [-0.15, -0.1) is 0 Å². The Morgan fingerprint density at radius 2 is 1.95 bits per heavy atom. The van der Waals surface area contributed by atoms with Gasteiger partial charge in [0.25, 0.3) is 0 Å². The monoisotopic (exact) mass is 550 g/mol. The molecule has 6 rings (SSSR count). The molecule has 12 heteroatoms. The zero-order valence-electron chi connectivity index (χ0n) is 22.3. The van der Waals surface area contributed by atoms with Gasteiger partial charge in [0.15, 0.2) is 0 Å². The van der Waals surface area contributed by atoms with Crippen LogP contribution in [0.2, 0.25) is 0 Å². The van der Waals surface area contributed by atoms with Gasteiger partial charge in [0.1, 0.15) is 11.6 Å². The van der Waals surface area contributed by atoms with Gasteiger partial charge < -0.3 is 18.7 Å². The van der Waals surface area contributed by atoms with Crippen LogP contribution < -0.4 is 9.64 Å². The Morgan fingerprint density at radius 3 is 2.59 bits per heavy atom. The second kappa shape index (κ2) is 9.45. The minimum Gasteiger partial charge on any atom is -0.481 e. The van der Waals surface area contributed by atoms with Crippen molar-refractivity contribution in [1.29, 1.82) is 0 Å². The normalized spacial score (nSPS) is 20.4. The van der Waals surface area contributed by atoms with Crippen molar-refractivity contribution in [3.8, 4) is 17.0 Å². The van der Waals surface area contributed by atoms with Crippen LogP contribution in [0.1, 0.15) is 48.6 Å². The SMILES string of the molecule is COc1ccc(N2C(=O)CCC2c2nc3cc(-c4c(C)noc4C)ccc3n2C2CCN(S(C)(=O)=O)C2)cn1. The third-order valence-electron chi connectivity index (χ3n) is 7.72. The predicted octanol–water partition coefficient (Wildman–Crippen LogP) is 3.79. The highest BCUT2D eigenvalue weighted by molar-refractivity contribution is 7.88. The maximum absolute atomic E-state index is 13.2. The van der Waals surface area contributed by atoms with Crippen molar-refractivity contribution in [2.24, 2.45) is 0 Å². The molecule has 39 heavy (non-hydrogen) atoms. The Labute approximate surface area is 226 Å². The zero-order valence-corrected chi connectivity index (χ0v) is 23.1. The van der Waals surface area contributed by atoms with Gasteiger partial charge in [-0.2, -0.15) is 0 Å². The highest BCUT2D eigenvalue weighted by atomic mass is 32.2. The summed E-state index contributed by atoms with van der Waals surface area (Å²) in [4.78, 5) is 24.3. The fraction of sp³-hybridized carbons (Fsp3) is 0.407. The quantitative estimate of drug-likeness (QED) is 0.355. The van der Waals surface area contributed by atoms with Crippen LogP contribution in [0.15, 0.2) is 41.1 Å². The number of sulfonamides is 1. The van der Waals surface area contributed by atoms with Gasteiger partial charge in [0.2, 0.25) is 21.8 Å². The van der Waals surface area contributed by atoms with Crippen LogP contribution in [0.5, 0.6) is 5.88 Å². The lowest BCUT2D eigenvalue weighted by atomic mass is 10.0. The highest BCUT2D eigenvalue weighted by Crippen LogP contribution is 2.41. The van der Waals surface area contributed by atoms with Crippen LogP contribution >= 0.6 is 0 Å². The molecule has 0 bridgehead atoms. The van der Waals surface area contributed by atoms with Crippen LogP contribution in [0, 0.1) is 13.8 Å². The van der Waals surface area contributed by atoms with Crippen molar-refractivity contribution < 1.29 is 22.5 Å². The van der Waals surface area contributed by atoms with E-state index in [9.17, 15) is 13.2 Å². The number of fused-ring (bicyclic) bond motifs is 1. The van der Waals surface area contributed by atoms with Crippen molar-refractivity contribution in [3.05, 3.63) is 53.8 Å². The van der Waals surface area contributed by atoms with Gasteiger partial charge >= 0.3 is 0 Å². The Kier molecular flexibility index (Phi) is 6.18. The van der Waals surface area contributed by atoms with Crippen molar-refractivity contribution >= 4 is 32.7 Å². The molecule has 5 heterocycles. The number of hydrogen-bond donors (Lipinski definition) is 0. The standard InChI is InChI=1S/C27H30N6O5S/c1-16-26(17(2)38-30-16)18-5-7-22-21(13-18)29-27(33(22)20-11-12-31(15-20)39(4,35)36)23-8-10-25(34)32(23)19-6-9-24(37-3)28-14-19/h5-7,9,13-14,20,23H,8,10-12,15H2,1-4H3. The number of carbonyl (C=O) groups is 1. The summed E-state index contributed by atoms with van der Waals surface area (Å²) in [6.07, 6.45) is 4.50. The minimum absolute atomic E-state index is 0.00818. The number of pyridine rings is 1. The van der Waals surface area contributed by atoms with Crippen LogP contribution in [-0.2, 0) is 14.8 Å². The number of methoxy groups -OCH3 is 1. The first-order valence-electron chi connectivity index (χ1n) is 12.9. The van der Waals surface area contributed by atoms with Gasteiger partial charge in [-0.1, -0.05) is 11.2 Å². The van der Waals surface area contributed by atoms with Gasteiger partial charge in [0.05, 0.1) is 54.1 Å². The van der Waals surface area contributed by atoms with Crippen molar-refractivity contribution in [2.45, 2.75) is 45.2 Å². The number of nitrogens with zero attached hydrogens (tertiary/aromatic N) is 6. The van der Waals surface area contributed by atoms with Crippen molar-refractivity contribution in [1.82, 2.24) is 24.0 Å². The second-order valence-corrected chi connectivity index (χ2v) is 12.2. The molecule has 2 fully saturated rings. The van der Waals surface area contributed by atoms with Gasteiger partial charge in [-0.25, -0.2) is 22.7 Å². The average Bonchev–Trinajstić information content (AvgIpc) is 3.68. The largest absolute Gasteiger partial charge is 0.481 e. The lowest BCUT2D eigenvalue weighted by molar-refractivity contribution is -0.117. The lowest BCUT2D eigenvalue weighted by Crippen LogP contribution is -2.31. The van der Waals surface area contributed by atoms with E-state index in [0.717, 1.165) is 39.4 Å². The molecule has 2 atom stereocenters. The van der Waals surface area contributed by atoms with E-state index >= 15 is 0 Å². The summed E-state index contributed by atoms with van der Waals surface area (Å²) in [5.41, 5.74) is 5.01. The first-order valence-corrected chi connectivity index (χ1v) is 14.7. The number of anilines is 1. The zero-order chi connectivity index (χ0) is 27.5. The third-order valence-corrected chi connectivity index (χ3v) is 8.99. The molecule has 0 spiro atoms. The van der Waals surface area contributed by atoms with Crippen LogP contribution in [0.3, 0.4) is 0 Å². The maximum atomic E-state index is 13.2. The number of benzene rings is 1. The molecule has 2 saturated heterocycles. The summed E-state index contributed by atoms with van der Waals surface area (Å²) in [6.45, 7) is 4.58. The van der Waals surface area contributed by atoms with E-state index in [4.69, 9.17) is 14.2 Å². The van der Waals surface area contributed by atoms with E-state index < -0.39 is 10.0 Å². The number of ether oxygens (including phenoxy) is 1. The molecule has 11 nitrogen and oxygen atoms in total. The molecule has 2 aliphatic rings. The van der Waals surface area contributed by atoms with Crippen LogP contribution in [0.25, 0.3) is 22.2 Å². The molecule has 1 amide bonds. The average molecular weight is 551 g/mol. The fourth-order valence-electron chi connectivity index (χ4n) is 5.90. The van der Waals surface area contributed by atoms with E-state index in [0.29, 0.717) is 43.9 Å². The predicted molar refractivity (Wildman–Crippen MR) is 145 cm³/mol. The molecule has 0 saturated carbocycles. The first-order chi connectivity index (χ1) is 18.7. The van der Waals surface area contributed by atoms with Gasteiger partial charge in [-0.05, 0) is 50.5 Å². The topological polar surface area (TPSA) is 124 Å². The third kappa shape index (κ3) is 4.37. The summed E-state index contributed by atoms with van der Waals surface area (Å²) in [6, 6.07) is 9.17. The van der Waals surface area contributed by atoms with Gasteiger partial charge in [0, 0.05) is 31.1 Å². The maximum Gasteiger partial charge on any atom is 0.227 e. The Morgan fingerprint density at radius 1 is 1.13 bits per heavy atom. The Balaban J connectivity index is 1.49. The minimum atomic E-state index is -3.33. The number of aromatic nitrogens is 4. The lowest BCUT2D eigenvalue weighted by Gasteiger charge is -2.27. The molecule has 3 aromatic heterocycles. The van der Waals surface area contributed by atoms with E-state index in [1.807, 2.05) is 38.1 Å². The molecule has 4 aromatic rings. The molecule has 0 radical (unpaired) electrons. The molecule has 0 aliphatic carbocycles. The number of hydrogen-bond acceptors (Lipinski definition) is 8. The molecule has 204 valence electrons. The second-order valence-electron chi connectivity index (χ2n) is 10.2. The highest BCUT2D eigenvalue weighted by Gasteiger charge is 2.40. The molecule has 2 unspecified atom stereocenters. The molecular formula is C27H30N6O5S. The van der Waals surface area contributed by atoms with E-state index in [1.54, 1.807) is 24.3 Å². The summed E-state index contributed by atoms with van der Waals surface area (Å²) < 4.78 is 38.9. The Bertz CT molecular complexity index is 1660.